The zero-order valence-electron chi connectivity index (χ0n) is 13.4. The monoisotopic (exact) mass is 342 g/mol. The van der Waals surface area contributed by atoms with Gasteiger partial charge in [0.15, 0.2) is 0 Å². The van der Waals surface area contributed by atoms with Crippen molar-refractivity contribution in [3.63, 3.8) is 0 Å². The summed E-state index contributed by atoms with van der Waals surface area (Å²) in [6.07, 6.45) is 2.85. The largest absolute Gasteiger partial charge is 0.445 e. The van der Waals surface area contributed by atoms with Crippen molar-refractivity contribution in [3.05, 3.63) is 81.4 Å². The Bertz CT molecular complexity index is 759. The number of nitro groups is 1. The molecule has 0 aromatic heterocycles. The Morgan fingerprint density at radius 3 is 2.68 bits per heavy atom. The topological polar surface area (TPSA) is 102 Å². The van der Waals surface area contributed by atoms with Gasteiger partial charge in [0.05, 0.1) is 17.1 Å². The number of aliphatic hydroxyl groups excluding tert-OH is 1. The van der Waals surface area contributed by atoms with Crippen LogP contribution in [-0.2, 0) is 18.0 Å². The highest BCUT2D eigenvalue weighted by Crippen LogP contribution is 2.20. The molecule has 0 aliphatic carbocycles. The van der Waals surface area contributed by atoms with E-state index in [4.69, 9.17) is 4.74 Å². The molecule has 0 aliphatic heterocycles. The maximum atomic E-state index is 11.6. The minimum Gasteiger partial charge on any atom is -0.445 e. The molecule has 0 aliphatic rings. The molecule has 7 heteroatoms. The highest BCUT2D eigenvalue weighted by Gasteiger charge is 2.12. The number of nitro benzene ring substituents is 1. The molecule has 2 aromatic rings. The number of ether oxygens (including phenoxy) is 1. The van der Waals surface area contributed by atoms with Crippen molar-refractivity contribution in [2.24, 2.45) is 0 Å². The average Bonchev–Trinajstić information content (AvgIpc) is 2.64. The minimum atomic E-state index is -0.538. The van der Waals surface area contributed by atoms with Crippen LogP contribution in [0.15, 0.2) is 54.6 Å². The second kappa shape index (κ2) is 9.19. The van der Waals surface area contributed by atoms with E-state index >= 15 is 0 Å². The molecule has 2 N–H and O–H groups in total. The Kier molecular flexibility index (Phi) is 6.67. The molecule has 0 saturated heterocycles. The van der Waals surface area contributed by atoms with Crippen molar-refractivity contribution in [3.8, 4) is 0 Å². The van der Waals surface area contributed by atoms with Crippen LogP contribution in [0, 0.1) is 10.1 Å². The average molecular weight is 342 g/mol. The van der Waals surface area contributed by atoms with Crippen LogP contribution in [0.5, 0.6) is 0 Å². The number of hydrogen-bond acceptors (Lipinski definition) is 5. The second-order valence-corrected chi connectivity index (χ2v) is 5.15. The molecular formula is C18H18N2O5. The number of carbonyl (C=O) groups excluding carboxylic acids is 1. The Labute approximate surface area is 144 Å². The van der Waals surface area contributed by atoms with Crippen molar-refractivity contribution in [2.75, 3.05) is 6.54 Å². The third-order valence-electron chi connectivity index (χ3n) is 3.36. The predicted molar refractivity (Wildman–Crippen MR) is 92.7 cm³/mol. The van der Waals surface area contributed by atoms with Crippen molar-refractivity contribution >= 4 is 17.9 Å². The molecular weight excluding hydrogens is 324 g/mol. The molecule has 2 rings (SSSR count). The maximum Gasteiger partial charge on any atom is 0.407 e. The van der Waals surface area contributed by atoms with Gasteiger partial charge in [-0.15, -0.1) is 0 Å². The number of nitrogens with zero attached hydrogens (tertiary/aromatic N) is 1. The normalized spacial score (nSPS) is 10.6. The lowest BCUT2D eigenvalue weighted by atomic mass is 10.1. The number of aliphatic hydroxyl groups is 1. The molecule has 0 atom stereocenters. The summed E-state index contributed by atoms with van der Waals surface area (Å²) in [5, 5.41) is 22.6. The van der Waals surface area contributed by atoms with E-state index in [0.717, 1.165) is 5.56 Å². The van der Waals surface area contributed by atoms with Gasteiger partial charge in [-0.25, -0.2) is 4.79 Å². The molecule has 0 unspecified atom stereocenters. The first kappa shape index (κ1) is 18.2. The van der Waals surface area contributed by atoms with E-state index in [2.05, 4.69) is 5.32 Å². The first-order chi connectivity index (χ1) is 12.1. The van der Waals surface area contributed by atoms with E-state index in [1.54, 1.807) is 18.2 Å². The third-order valence-corrected chi connectivity index (χ3v) is 3.36. The summed E-state index contributed by atoms with van der Waals surface area (Å²) >= 11 is 0. The summed E-state index contributed by atoms with van der Waals surface area (Å²) in [4.78, 5) is 21.8. The number of nitrogens with one attached hydrogen (secondary N) is 1. The molecule has 0 saturated carbocycles. The summed E-state index contributed by atoms with van der Waals surface area (Å²) in [5.41, 5.74) is 1.70. The number of carbonyl (C=O) groups is 1. The van der Waals surface area contributed by atoms with E-state index < -0.39 is 17.6 Å². The van der Waals surface area contributed by atoms with Gasteiger partial charge in [-0.05, 0) is 23.3 Å². The Morgan fingerprint density at radius 2 is 2.00 bits per heavy atom. The van der Waals surface area contributed by atoms with Gasteiger partial charge in [-0.1, -0.05) is 42.5 Å². The Morgan fingerprint density at radius 1 is 1.24 bits per heavy atom. The van der Waals surface area contributed by atoms with Crippen molar-refractivity contribution in [1.82, 2.24) is 5.32 Å². The van der Waals surface area contributed by atoms with Gasteiger partial charge >= 0.3 is 6.09 Å². The van der Waals surface area contributed by atoms with Crippen LogP contribution in [0.2, 0.25) is 0 Å². The van der Waals surface area contributed by atoms with Gasteiger partial charge in [-0.3, -0.25) is 10.1 Å². The first-order valence-electron chi connectivity index (χ1n) is 7.59. The fraction of sp³-hybridized carbons (Fsp3) is 0.167. The zero-order chi connectivity index (χ0) is 18.1. The van der Waals surface area contributed by atoms with Crippen LogP contribution < -0.4 is 5.32 Å². The van der Waals surface area contributed by atoms with Crippen LogP contribution >= 0.6 is 0 Å². The summed E-state index contributed by atoms with van der Waals surface area (Å²) in [7, 11) is 0. The minimum absolute atomic E-state index is 0.123. The Balaban J connectivity index is 1.80. The van der Waals surface area contributed by atoms with Crippen LogP contribution in [0.3, 0.4) is 0 Å². The van der Waals surface area contributed by atoms with E-state index in [1.807, 2.05) is 30.3 Å². The van der Waals surface area contributed by atoms with Crippen molar-refractivity contribution in [1.29, 1.82) is 0 Å². The van der Waals surface area contributed by atoms with Gasteiger partial charge in [-0.2, -0.15) is 0 Å². The summed E-state index contributed by atoms with van der Waals surface area (Å²) in [6, 6.07) is 13.8. The number of benzene rings is 2. The molecule has 0 fully saturated rings. The number of hydrogen-bond donors (Lipinski definition) is 2. The van der Waals surface area contributed by atoms with Crippen molar-refractivity contribution in [2.45, 2.75) is 13.2 Å². The van der Waals surface area contributed by atoms with Gasteiger partial charge < -0.3 is 15.2 Å². The van der Waals surface area contributed by atoms with Crippen LogP contribution in [-0.4, -0.2) is 22.7 Å². The summed E-state index contributed by atoms with van der Waals surface area (Å²) in [6.45, 7) is 0.0275. The lowest BCUT2D eigenvalue weighted by Gasteiger charge is -2.05. The first-order valence-corrected chi connectivity index (χ1v) is 7.59. The smallest absolute Gasteiger partial charge is 0.407 e. The quantitative estimate of drug-likeness (QED) is 0.595. The number of rotatable bonds is 7. The fourth-order valence-electron chi connectivity index (χ4n) is 2.13. The SMILES string of the molecule is O=C(NCC=Cc1ccc([N+](=O)[O-])c(CO)c1)OCc1ccccc1. The maximum absolute atomic E-state index is 11.6. The molecule has 2 aromatic carbocycles. The Hall–Kier alpha value is -3.19. The fourth-order valence-corrected chi connectivity index (χ4v) is 2.13. The van der Waals surface area contributed by atoms with Crippen LogP contribution in [0.4, 0.5) is 10.5 Å². The molecule has 0 spiro atoms. The highest BCUT2D eigenvalue weighted by molar-refractivity contribution is 5.67. The molecule has 0 heterocycles. The van der Waals surface area contributed by atoms with E-state index in [1.165, 1.54) is 12.1 Å². The third kappa shape index (κ3) is 5.74. The van der Waals surface area contributed by atoms with Crippen LogP contribution in [0.1, 0.15) is 16.7 Å². The number of amides is 1. The van der Waals surface area contributed by atoms with Gasteiger partial charge in [0.1, 0.15) is 6.61 Å². The molecule has 0 radical (unpaired) electrons. The predicted octanol–water partition coefficient (Wildman–Crippen LogP) is 3.03. The summed E-state index contributed by atoms with van der Waals surface area (Å²) < 4.78 is 5.07. The second-order valence-electron chi connectivity index (χ2n) is 5.15. The van der Waals surface area contributed by atoms with E-state index in [0.29, 0.717) is 5.56 Å². The van der Waals surface area contributed by atoms with Gasteiger partial charge in [0, 0.05) is 12.6 Å². The number of alkyl carbamates (subject to hydrolysis) is 1. The zero-order valence-corrected chi connectivity index (χ0v) is 13.4. The van der Waals surface area contributed by atoms with Gasteiger partial charge in [0.2, 0.25) is 0 Å². The highest BCUT2D eigenvalue weighted by atomic mass is 16.6. The molecule has 7 nitrogen and oxygen atoms in total. The van der Waals surface area contributed by atoms with Crippen molar-refractivity contribution < 1.29 is 19.6 Å². The van der Waals surface area contributed by atoms with E-state index in [-0.39, 0.29) is 24.4 Å². The lowest BCUT2D eigenvalue weighted by Crippen LogP contribution is -2.24. The molecule has 25 heavy (non-hydrogen) atoms. The van der Waals surface area contributed by atoms with E-state index in [9.17, 15) is 20.0 Å². The molecule has 1 amide bonds. The van der Waals surface area contributed by atoms with Gasteiger partial charge in [0.25, 0.3) is 5.69 Å². The lowest BCUT2D eigenvalue weighted by molar-refractivity contribution is -0.385. The standard InChI is InChI=1S/C18H18N2O5/c21-12-16-11-14(8-9-17(16)20(23)24)7-4-10-19-18(22)25-13-15-5-2-1-3-6-15/h1-9,11,21H,10,12-13H2,(H,19,22). The van der Waals surface area contributed by atoms with Crippen LogP contribution in [0.25, 0.3) is 6.08 Å². The molecule has 0 bridgehead atoms. The summed E-state index contributed by atoms with van der Waals surface area (Å²) in [5.74, 6) is 0. The molecule has 130 valence electrons.